The second-order valence-electron chi connectivity index (χ2n) is 3.78. The van der Waals surface area contributed by atoms with Gasteiger partial charge in [0, 0.05) is 18.9 Å². The molecule has 1 aliphatic rings. The van der Waals surface area contributed by atoms with Gasteiger partial charge in [-0.05, 0) is 30.7 Å². The van der Waals surface area contributed by atoms with Gasteiger partial charge in [-0.15, -0.1) is 12.4 Å². The second kappa shape index (κ2) is 5.61. The molecule has 90 valence electrons. The van der Waals surface area contributed by atoms with Crippen LogP contribution in [-0.2, 0) is 15.6 Å². The molecule has 6 heteroatoms. The fourth-order valence-corrected chi connectivity index (χ4v) is 3.51. The summed E-state index contributed by atoms with van der Waals surface area (Å²) in [4.78, 5) is 3.87. The topological polar surface area (TPSA) is 59.1 Å². The van der Waals surface area contributed by atoms with E-state index in [0.717, 1.165) is 18.5 Å². The number of nitrogens with one attached hydrogen (secondary N) is 1. The number of rotatable bonds is 3. The summed E-state index contributed by atoms with van der Waals surface area (Å²) in [5.41, 5.74) is 0.817. The van der Waals surface area contributed by atoms with Crippen LogP contribution in [0.4, 0.5) is 0 Å². The van der Waals surface area contributed by atoms with Gasteiger partial charge in [0.05, 0.1) is 11.0 Å². The molecule has 0 spiro atoms. The zero-order chi connectivity index (χ0) is 10.7. The molecule has 0 bridgehead atoms. The van der Waals surface area contributed by atoms with Crippen LogP contribution in [0.1, 0.15) is 12.0 Å². The highest BCUT2D eigenvalue weighted by molar-refractivity contribution is 7.91. The SMILES string of the molecule is Cl.O=S(=O)(Cc1ccncc1)[C@@H]1CCNC1. The van der Waals surface area contributed by atoms with Crippen molar-refractivity contribution < 1.29 is 8.42 Å². The largest absolute Gasteiger partial charge is 0.315 e. The molecule has 1 saturated heterocycles. The molecule has 0 aliphatic carbocycles. The molecule has 1 aliphatic heterocycles. The molecule has 16 heavy (non-hydrogen) atoms. The van der Waals surface area contributed by atoms with Gasteiger partial charge < -0.3 is 5.32 Å². The Bertz CT molecular complexity index is 416. The normalized spacial score (nSPS) is 20.4. The summed E-state index contributed by atoms with van der Waals surface area (Å²) >= 11 is 0. The van der Waals surface area contributed by atoms with E-state index in [9.17, 15) is 8.42 Å². The van der Waals surface area contributed by atoms with Crippen LogP contribution in [0.3, 0.4) is 0 Å². The zero-order valence-electron chi connectivity index (χ0n) is 8.80. The van der Waals surface area contributed by atoms with E-state index in [4.69, 9.17) is 0 Å². The van der Waals surface area contributed by atoms with E-state index in [-0.39, 0.29) is 23.4 Å². The molecule has 1 N–H and O–H groups in total. The molecule has 1 aromatic rings. The van der Waals surface area contributed by atoms with Crippen molar-refractivity contribution in [2.45, 2.75) is 17.4 Å². The summed E-state index contributed by atoms with van der Waals surface area (Å²) in [5.74, 6) is 0.127. The first kappa shape index (κ1) is 13.4. The number of hydrogen-bond acceptors (Lipinski definition) is 4. The molecule has 2 heterocycles. The van der Waals surface area contributed by atoms with Gasteiger partial charge >= 0.3 is 0 Å². The molecule has 0 radical (unpaired) electrons. The first-order chi connectivity index (χ1) is 7.18. The van der Waals surface area contributed by atoms with Gasteiger partial charge in [-0.25, -0.2) is 8.42 Å². The van der Waals surface area contributed by atoms with Crippen LogP contribution in [-0.4, -0.2) is 31.7 Å². The van der Waals surface area contributed by atoms with Crippen molar-refractivity contribution in [3.63, 3.8) is 0 Å². The lowest BCUT2D eigenvalue weighted by molar-refractivity contribution is 0.582. The Balaban J connectivity index is 0.00000128. The van der Waals surface area contributed by atoms with Crippen LogP contribution in [0.2, 0.25) is 0 Å². The summed E-state index contributed by atoms with van der Waals surface area (Å²) < 4.78 is 23.9. The first-order valence-corrected chi connectivity index (χ1v) is 6.71. The van der Waals surface area contributed by atoms with Crippen molar-refractivity contribution in [2.75, 3.05) is 13.1 Å². The third kappa shape index (κ3) is 3.17. The minimum absolute atomic E-state index is 0. The average Bonchev–Trinajstić information content (AvgIpc) is 2.71. The van der Waals surface area contributed by atoms with Crippen molar-refractivity contribution in [3.8, 4) is 0 Å². The minimum atomic E-state index is -3.00. The van der Waals surface area contributed by atoms with Crippen molar-refractivity contribution in [2.24, 2.45) is 0 Å². The lowest BCUT2D eigenvalue weighted by Crippen LogP contribution is -2.25. The van der Waals surface area contributed by atoms with Gasteiger partial charge in [0.2, 0.25) is 0 Å². The van der Waals surface area contributed by atoms with Crippen LogP contribution in [0.25, 0.3) is 0 Å². The van der Waals surface area contributed by atoms with Gasteiger partial charge in [0.15, 0.2) is 9.84 Å². The summed E-state index contributed by atoms with van der Waals surface area (Å²) in [5, 5.41) is 2.86. The molecule has 1 fully saturated rings. The molecular formula is C10H15ClN2O2S. The molecule has 0 amide bonds. The second-order valence-corrected chi connectivity index (χ2v) is 6.06. The predicted octanol–water partition coefficient (Wildman–Crippen LogP) is 0.780. The first-order valence-electron chi connectivity index (χ1n) is 5.00. The van der Waals surface area contributed by atoms with E-state index < -0.39 is 9.84 Å². The third-order valence-electron chi connectivity index (χ3n) is 2.64. The predicted molar refractivity (Wildman–Crippen MR) is 65.4 cm³/mol. The lowest BCUT2D eigenvalue weighted by atomic mass is 10.3. The fraction of sp³-hybridized carbons (Fsp3) is 0.500. The highest BCUT2D eigenvalue weighted by Crippen LogP contribution is 2.15. The number of sulfone groups is 1. The fourth-order valence-electron chi connectivity index (χ4n) is 1.76. The summed E-state index contributed by atoms with van der Waals surface area (Å²) in [6.45, 7) is 1.40. The molecule has 4 nitrogen and oxygen atoms in total. The van der Waals surface area contributed by atoms with E-state index in [1.165, 1.54) is 0 Å². The molecule has 0 saturated carbocycles. The third-order valence-corrected chi connectivity index (χ3v) is 4.79. The molecule has 1 aromatic heterocycles. The maximum Gasteiger partial charge on any atom is 0.158 e. The van der Waals surface area contributed by atoms with Crippen molar-refractivity contribution in [1.82, 2.24) is 10.3 Å². The maximum atomic E-state index is 11.9. The Labute approximate surface area is 102 Å². The molecule has 1 atom stereocenters. The van der Waals surface area contributed by atoms with Gasteiger partial charge in [0.1, 0.15) is 0 Å². The van der Waals surface area contributed by atoms with E-state index in [1.54, 1.807) is 24.5 Å². The van der Waals surface area contributed by atoms with Gasteiger partial charge in [-0.3, -0.25) is 4.98 Å². The van der Waals surface area contributed by atoms with Crippen LogP contribution in [0.5, 0.6) is 0 Å². The summed E-state index contributed by atoms with van der Waals surface area (Å²) in [7, 11) is -3.00. The molecule has 0 unspecified atom stereocenters. The average molecular weight is 263 g/mol. The maximum absolute atomic E-state index is 11.9. The number of hydrogen-bond donors (Lipinski definition) is 1. The van der Waals surface area contributed by atoms with Gasteiger partial charge in [0.25, 0.3) is 0 Å². The highest BCUT2D eigenvalue weighted by atomic mass is 35.5. The van der Waals surface area contributed by atoms with E-state index >= 15 is 0 Å². The highest BCUT2D eigenvalue weighted by Gasteiger charge is 2.28. The Morgan fingerprint density at radius 3 is 2.62 bits per heavy atom. The number of halogens is 1. The van der Waals surface area contributed by atoms with Gasteiger partial charge in [-0.1, -0.05) is 0 Å². The standard InChI is InChI=1S/C10H14N2O2S.ClH/c13-15(14,10-3-6-12-7-10)8-9-1-4-11-5-2-9;/h1-2,4-5,10,12H,3,6-8H2;1H/t10-;/m1./s1. The molecule has 2 rings (SSSR count). The van der Waals surface area contributed by atoms with Crippen LogP contribution in [0, 0.1) is 0 Å². The van der Waals surface area contributed by atoms with E-state index in [2.05, 4.69) is 10.3 Å². The van der Waals surface area contributed by atoms with Crippen molar-refractivity contribution in [3.05, 3.63) is 30.1 Å². The molecule has 0 aromatic carbocycles. The van der Waals surface area contributed by atoms with E-state index in [0.29, 0.717) is 6.54 Å². The summed E-state index contributed by atoms with van der Waals surface area (Å²) in [6.07, 6.45) is 3.98. The van der Waals surface area contributed by atoms with Crippen molar-refractivity contribution >= 4 is 22.2 Å². The lowest BCUT2D eigenvalue weighted by Gasteiger charge is -2.09. The summed E-state index contributed by atoms with van der Waals surface area (Å²) in [6, 6.07) is 3.50. The molecular weight excluding hydrogens is 248 g/mol. The zero-order valence-corrected chi connectivity index (χ0v) is 10.4. The monoisotopic (exact) mass is 262 g/mol. The number of aromatic nitrogens is 1. The van der Waals surface area contributed by atoms with E-state index in [1.807, 2.05) is 0 Å². The smallest absolute Gasteiger partial charge is 0.158 e. The Morgan fingerprint density at radius 1 is 1.38 bits per heavy atom. The Kier molecular flexibility index (Phi) is 4.70. The number of pyridine rings is 1. The van der Waals surface area contributed by atoms with Crippen LogP contribution >= 0.6 is 12.4 Å². The quantitative estimate of drug-likeness (QED) is 0.875. The Morgan fingerprint density at radius 2 is 2.06 bits per heavy atom. The Hall–Kier alpha value is -0.650. The van der Waals surface area contributed by atoms with Crippen molar-refractivity contribution in [1.29, 1.82) is 0 Å². The minimum Gasteiger partial charge on any atom is -0.315 e. The number of nitrogens with zero attached hydrogens (tertiary/aromatic N) is 1. The van der Waals surface area contributed by atoms with Crippen LogP contribution < -0.4 is 5.32 Å². The van der Waals surface area contributed by atoms with Crippen LogP contribution in [0.15, 0.2) is 24.5 Å². The van der Waals surface area contributed by atoms with Gasteiger partial charge in [-0.2, -0.15) is 0 Å².